The van der Waals surface area contributed by atoms with Crippen LogP contribution in [0.5, 0.6) is 6.01 Å². The van der Waals surface area contributed by atoms with Crippen molar-refractivity contribution in [1.82, 2.24) is 20.2 Å². The highest BCUT2D eigenvalue weighted by Crippen LogP contribution is 1.93. The topological polar surface area (TPSA) is 93.0 Å². The maximum Gasteiger partial charge on any atom is 0.355 e. The minimum Gasteiger partial charge on any atom is -0.548 e. The predicted octanol–water partition coefficient (Wildman–Crippen LogP) is -2.57. The molecule has 0 unspecified atom stereocenters. The number of rotatable bonds is 3. The van der Waals surface area contributed by atoms with E-state index in [0.717, 1.165) is 4.80 Å². The molecule has 0 atom stereocenters. The van der Waals surface area contributed by atoms with Crippen molar-refractivity contribution in [2.75, 3.05) is 7.11 Å². The summed E-state index contributed by atoms with van der Waals surface area (Å²) in [6, 6.07) is 0.0336. The molecular formula is C4H5N4O3-. The largest absolute Gasteiger partial charge is 0.548 e. The Morgan fingerprint density at radius 3 is 3.00 bits per heavy atom. The van der Waals surface area contributed by atoms with Crippen molar-refractivity contribution >= 4 is 5.97 Å². The number of tetrazole rings is 1. The molecular weight excluding hydrogens is 152 g/mol. The second-order valence-corrected chi connectivity index (χ2v) is 1.68. The smallest absolute Gasteiger partial charge is 0.355 e. The molecule has 1 heterocycles. The van der Waals surface area contributed by atoms with Gasteiger partial charge in [0, 0.05) is 0 Å². The summed E-state index contributed by atoms with van der Waals surface area (Å²) in [6.45, 7) is -0.420. The minimum absolute atomic E-state index is 0.0336. The summed E-state index contributed by atoms with van der Waals surface area (Å²) >= 11 is 0. The lowest BCUT2D eigenvalue weighted by atomic mass is 10.7. The molecule has 1 aromatic rings. The van der Waals surface area contributed by atoms with Gasteiger partial charge in [-0.25, -0.2) is 0 Å². The van der Waals surface area contributed by atoms with Crippen LogP contribution in [-0.2, 0) is 11.3 Å². The molecule has 1 rings (SSSR count). The van der Waals surface area contributed by atoms with Crippen LogP contribution in [0.4, 0.5) is 0 Å². The third-order valence-electron chi connectivity index (χ3n) is 0.888. The van der Waals surface area contributed by atoms with Gasteiger partial charge < -0.3 is 14.6 Å². The zero-order chi connectivity index (χ0) is 8.27. The van der Waals surface area contributed by atoms with Gasteiger partial charge in [0.25, 0.3) is 0 Å². The molecule has 0 aliphatic rings. The van der Waals surface area contributed by atoms with Gasteiger partial charge in [0.15, 0.2) is 0 Å². The fourth-order valence-corrected chi connectivity index (χ4v) is 0.493. The third-order valence-corrected chi connectivity index (χ3v) is 0.888. The van der Waals surface area contributed by atoms with Gasteiger partial charge in [0.05, 0.1) is 13.1 Å². The molecule has 0 aromatic carbocycles. The first-order valence-corrected chi connectivity index (χ1v) is 2.74. The average molecular weight is 157 g/mol. The summed E-state index contributed by atoms with van der Waals surface area (Å²) in [5, 5.41) is 20.2. The average Bonchev–Trinajstić information content (AvgIpc) is 2.34. The Kier molecular flexibility index (Phi) is 2.00. The molecule has 0 saturated carbocycles. The standard InChI is InChI=1S/C4H6N4O3/c1-11-4-5-7-8(6-4)2-3(9)10/h2H2,1H3,(H,9,10)/p-1. The number of methoxy groups -OCH3 is 1. The van der Waals surface area contributed by atoms with Crippen molar-refractivity contribution in [3.05, 3.63) is 0 Å². The summed E-state index contributed by atoms with van der Waals surface area (Å²) in [5.74, 6) is -1.27. The molecule has 7 nitrogen and oxygen atoms in total. The zero-order valence-corrected chi connectivity index (χ0v) is 5.72. The highest BCUT2D eigenvalue weighted by atomic mass is 16.5. The zero-order valence-electron chi connectivity index (χ0n) is 5.72. The Labute approximate surface area is 61.6 Å². The quantitative estimate of drug-likeness (QED) is 0.478. The molecule has 60 valence electrons. The molecule has 0 aliphatic heterocycles. The van der Waals surface area contributed by atoms with Crippen molar-refractivity contribution in [3.63, 3.8) is 0 Å². The van der Waals surface area contributed by atoms with E-state index in [1.54, 1.807) is 0 Å². The number of carbonyl (C=O) groups is 1. The number of carbonyl (C=O) groups excluding carboxylic acids is 1. The van der Waals surface area contributed by atoms with Crippen molar-refractivity contribution in [2.24, 2.45) is 0 Å². The maximum atomic E-state index is 9.99. The monoisotopic (exact) mass is 157 g/mol. The number of nitrogens with zero attached hydrogens (tertiary/aromatic N) is 4. The van der Waals surface area contributed by atoms with E-state index in [1.165, 1.54) is 7.11 Å². The van der Waals surface area contributed by atoms with Gasteiger partial charge in [0.1, 0.15) is 6.54 Å². The fourth-order valence-electron chi connectivity index (χ4n) is 0.493. The summed E-state index contributed by atoms with van der Waals surface area (Å²) < 4.78 is 4.56. The lowest BCUT2D eigenvalue weighted by Gasteiger charge is -1.96. The van der Waals surface area contributed by atoms with Gasteiger partial charge in [-0.2, -0.15) is 4.80 Å². The number of hydrogen-bond donors (Lipinski definition) is 0. The van der Waals surface area contributed by atoms with Gasteiger partial charge in [-0.05, 0) is 5.21 Å². The molecule has 1 aromatic heterocycles. The van der Waals surface area contributed by atoms with E-state index in [0.29, 0.717) is 0 Å². The van der Waals surface area contributed by atoms with Crippen LogP contribution in [0.15, 0.2) is 0 Å². The number of hydrogen-bond acceptors (Lipinski definition) is 6. The van der Waals surface area contributed by atoms with Crippen molar-refractivity contribution in [2.45, 2.75) is 6.54 Å². The van der Waals surface area contributed by atoms with Gasteiger partial charge in [-0.15, -0.1) is 0 Å². The van der Waals surface area contributed by atoms with Gasteiger partial charge >= 0.3 is 6.01 Å². The van der Waals surface area contributed by atoms with Crippen LogP contribution in [0.25, 0.3) is 0 Å². The highest BCUT2D eigenvalue weighted by Gasteiger charge is 1.99. The second kappa shape index (κ2) is 2.95. The molecule has 0 bridgehead atoms. The van der Waals surface area contributed by atoms with Crippen LogP contribution in [-0.4, -0.2) is 33.3 Å². The first kappa shape index (κ1) is 7.45. The summed E-state index contributed by atoms with van der Waals surface area (Å²) in [7, 11) is 1.36. The predicted molar refractivity (Wildman–Crippen MR) is 29.4 cm³/mol. The number of carboxylic acid groups (broad SMARTS) is 1. The van der Waals surface area contributed by atoms with Gasteiger partial charge in [-0.3, -0.25) is 0 Å². The molecule has 7 heteroatoms. The Morgan fingerprint density at radius 1 is 1.82 bits per heavy atom. The maximum absolute atomic E-state index is 9.99. The Balaban J connectivity index is 2.65. The van der Waals surface area contributed by atoms with E-state index in [9.17, 15) is 9.90 Å². The first-order valence-electron chi connectivity index (χ1n) is 2.74. The lowest BCUT2D eigenvalue weighted by Crippen LogP contribution is -2.28. The number of aromatic nitrogens is 4. The molecule has 11 heavy (non-hydrogen) atoms. The van der Waals surface area contributed by atoms with Gasteiger partial charge in [0.2, 0.25) is 0 Å². The Morgan fingerprint density at radius 2 is 2.55 bits per heavy atom. The van der Waals surface area contributed by atoms with Crippen LogP contribution < -0.4 is 9.84 Å². The van der Waals surface area contributed by atoms with Crippen LogP contribution in [0, 0.1) is 0 Å². The van der Waals surface area contributed by atoms with Crippen LogP contribution in [0.2, 0.25) is 0 Å². The molecule has 0 spiro atoms. The molecule has 0 fully saturated rings. The van der Waals surface area contributed by atoms with Crippen molar-refractivity contribution < 1.29 is 14.6 Å². The SMILES string of the molecule is COc1nnn(CC(=O)[O-])n1. The fraction of sp³-hybridized carbons (Fsp3) is 0.500. The third kappa shape index (κ3) is 1.88. The van der Waals surface area contributed by atoms with E-state index in [2.05, 4.69) is 20.1 Å². The van der Waals surface area contributed by atoms with E-state index < -0.39 is 12.5 Å². The van der Waals surface area contributed by atoms with Gasteiger partial charge in [-0.1, -0.05) is 10.2 Å². The van der Waals surface area contributed by atoms with E-state index in [1.807, 2.05) is 0 Å². The molecule has 0 saturated heterocycles. The van der Waals surface area contributed by atoms with Crippen LogP contribution in [0.1, 0.15) is 0 Å². The first-order chi connectivity index (χ1) is 5.22. The summed E-state index contributed by atoms with van der Waals surface area (Å²) in [4.78, 5) is 10.9. The minimum atomic E-state index is -1.27. The Bertz CT molecular complexity index is 258. The van der Waals surface area contributed by atoms with Crippen LogP contribution >= 0.6 is 0 Å². The normalized spacial score (nSPS) is 9.55. The second-order valence-electron chi connectivity index (χ2n) is 1.68. The molecule has 0 aliphatic carbocycles. The molecule has 0 radical (unpaired) electrons. The van der Waals surface area contributed by atoms with E-state index >= 15 is 0 Å². The number of ether oxygens (including phenoxy) is 1. The van der Waals surface area contributed by atoms with Crippen LogP contribution in [0.3, 0.4) is 0 Å². The highest BCUT2D eigenvalue weighted by molar-refractivity contribution is 5.63. The van der Waals surface area contributed by atoms with Crippen molar-refractivity contribution in [1.29, 1.82) is 0 Å². The molecule has 0 N–H and O–H groups in total. The lowest BCUT2D eigenvalue weighted by molar-refractivity contribution is -0.307. The molecule has 0 amide bonds. The van der Waals surface area contributed by atoms with E-state index in [4.69, 9.17) is 0 Å². The van der Waals surface area contributed by atoms with E-state index in [-0.39, 0.29) is 6.01 Å². The van der Waals surface area contributed by atoms with Crippen molar-refractivity contribution in [3.8, 4) is 6.01 Å². The Hall–Kier alpha value is -1.66. The summed E-state index contributed by atoms with van der Waals surface area (Å²) in [5.41, 5.74) is 0. The summed E-state index contributed by atoms with van der Waals surface area (Å²) in [6.07, 6.45) is 0. The number of carboxylic acids is 1. The number of aliphatic carboxylic acids is 1.